The van der Waals surface area contributed by atoms with Gasteiger partial charge in [-0.25, -0.2) is 0 Å². The summed E-state index contributed by atoms with van der Waals surface area (Å²) in [7, 11) is -4.41. The normalized spacial score (nSPS) is 12.8. The number of aliphatic carboxylic acids is 1. The molecule has 0 aromatic heterocycles. The molecule has 0 aromatic carbocycles. The zero-order chi connectivity index (χ0) is 10.6. The van der Waals surface area contributed by atoms with Crippen molar-refractivity contribution in [2.45, 2.75) is 26.7 Å². The number of hydrogen-bond acceptors (Lipinski definition) is 4. The van der Waals surface area contributed by atoms with Crippen molar-refractivity contribution >= 4 is 16.1 Å². The molecule has 0 heterocycles. The number of hydrogen-bond donors (Lipinski definition) is 1. The average molecular weight is 246 g/mol. The number of allylic oxidation sites excluding steroid dienone is 1. The van der Waals surface area contributed by atoms with Gasteiger partial charge < -0.3 is 9.90 Å². The van der Waals surface area contributed by atoms with Crippen LogP contribution >= 0.6 is 0 Å². The monoisotopic (exact) mass is 246 g/mol. The summed E-state index contributed by atoms with van der Waals surface area (Å²) < 4.78 is 30.0. The van der Waals surface area contributed by atoms with Gasteiger partial charge in [-0.05, 0) is 18.9 Å². The Hall–Kier alpha value is 0.756. The molecule has 0 atom stereocenters. The summed E-state index contributed by atoms with van der Waals surface area (Å²) in [6.07, 6.45) is 0.429. The first-order chi connectivity index (χ1) is 5.80. The number of carbonyl (C=O) groups is 1. The Labute approximate surface area is 126 Å². The van der Waals surface area contributed by atoms with Crippen LogP contribution in [-0.4, -0.2) is 18.9 Å². The van der Waals surface area contributed by atoms with Gasteiger partial charge in [-0.15, -0.1) is 0 Å². The Bertz CT molecular complexity index is 330. The van der Waals surface area contributed by atoms with Gasteiger partial charge in [0.05, 0.1) is 10.9 Å². The molecule has 0 aromatic rings. The molecule has 7 heteroatoms. The molecule has 0 aliphatic heterocycles. The Morgan fingerprint density at radius 1 is 1.43 bits per heavy atom. The number of carboxylic acid groups (broad SMARTS) is 1. The molecule has 0 saturated carbocycles. The largest absolute Gasteiger partial charge is 1.00 e. The summed E-state index contributed by atoms with van der Waals surface area (Å²) in [4.78, 5) is 9.84. The molecule has 0 radical (unpaired) electrons. The van der Waals surface area contributed by atoms with Gasteiger partial charge in [0.25, 0.3) is 10.1 Å². The second kappa shape index (κ2) is 7.10. The molecule has 1 N–H and O–H groups in total. The van der Waals surface area contributed by atoms with Crippen molar-refractivity contribution in [3.05, 3.63) is 10.5 Å². The molecule has 0 aliphatic rings. The molecular formula is C7H11KO5S. The van der Waals surface area contributed by atoms with Gasteiger partial charge in [-0.2, -0.15) is 8.42 Å². The second-order valence-electron chi connectivity index (χ2n) is 2.56. The summed E-state index contributed by atoms with van der Waals surface area (Å²) in [5.41, 5.74) is -0.440. The Balaban J connectivity index is 0. The van der Waals surface area contributed by atoms with Crippen LogP contribution < -0.4 is 56.5 Å². The van der Waals surface area contributed by atoms with Gasteiger partial charge in [0, 0.05) is 0 Å². The first-order valence-electron chi connectivity index (χ1n) is 3.69. The fourth-order valence-electron chi connectivity index (χ4n) is 0.851. The van der Waals surface area contributed by atoms with Crippen LogP contribution in [0.1, 0.15) is 26.7 Å². The average Bonchev–Trinajstić information content (AvgIpc) is 1.96. The maximum Gasteiger partial charge on any atom is 1.00 e. The molecule has 0 amide bonds. The van der Waals surface area contributed by atoms with E-state index >= 15 is 0 Å². The van der Waals surface area contributed by atoms with Crippen LogP contribution in [0.5, 0.6) is 0 Å². The van der Waals surface area contributed by atoms with Gasteiger partial charge in [0.2, 0.25) is 0 Å². The topological polar surface area (TPSA) is 94.5 Å². The van der Waals surface area contributed by atoms with E-state index < -0.39 is 26.6 Å². The van der Waals surface area contributed by atoms with Crippen molar-refractivity contribution in [2.75, 3.05) is 0 Å². The summed E-state index contributed by atoms with van der Waals surface area (Å²) in [5.74, 6) is -1.58. The van der Waals surface area contributed by atoms with Gasteiger partial charge in [0.15, 0.2) is 0 Å². The molecular weight excluding hydrogens is 235 g/mol. The molecule has 0 spiro atoms. The summed E-state index contributed by atoms with van der Waals surface area (Å²) in [5, 5.41) is 10.3. The van der Waals surface area contributed by atoms with E-state index in [9.17, 15) is 18.3 Å². The molecule has 0 saturated heterocycles. The number of carboxylic acids is 1. The molecule has 0 unspecified atom stereocenters. The summed E-state index contributed by atoms with van der Waals surface area (Å²) >= 11 is 0. The summed E-state index contributed by atoms with van der Waals surface area (Å²) in [6.45, 7) is 2.77. The van der Waals surface area contributed by atoms with E-state index in [0.717, 1.165) is 6.92 Å². The van der Waals surface area contributed by atoms with Crippen LogP contribution in [0.4, 0.5) is 0 Å². The van der Waals surface area contributed by atoms with Crippen LogP contribution in [0.25, 0.3) is 0 Å². The zero-order valence-corrected chi connectivity index (χ0v) is 12.3. The third-order valence-electron chi connectivity index (χ3n) is 1.51. The SMILES string of the molecule is CCCC(=C(C)C(=O)[O-])S(=O)(=O)O.[K+]. The van der Waals surface area contributed by atoms with E-state index in [4.69, 9.17) is 4.55 Å². The van der Waals surface area contributed by atoms with Crippen LogP contribution in [0.3, 0.4) is 0 Å². The maximum absolute atomic E-state index is 10.7. The quantitative estimate of drug-likeness (QED) is 0.318. The van der Waals surface area contributed by atoms with Gasteiger partial charge >= 0.3 is 51.4 Å². The first kappa shape index (κ1) is 17.2. The van der Waals surface area contributed by atoms with Crippen molar-refractivity contribution in [1.29, 1.82) is 0 Å². The number of carbonyl (C=O) groups excluding carboxylic acids is 1. The molecule has 0 bridgehead atoms. The predicted octanol–water partition coefficient (Wildman–Crippen LogP) is -3.30. The minimum absolute atomic E-state index is 0. The molecule has 76 valence electrons. The molecule has 0 rings (SSSR count). The number of rotatable bonds is 4. The van der Waals surface area contributed by atoms with Gasteiger partial charge in [-0.3, -0.25) is 4.55 Å². The van der Waals surface area contributed by atoms with Crippen LogP contribution in [-0.2, 0) is 14.9 Å². The van der Waals surface area contributed by atoms with Crippen LogP contribution in [0.2, 0.25) is 0 Å². The minimum atomic E-state index is -4.41. The van der Waals surface area contributed by atoms with Crippen LogP contribution in [0, 0.1) is 0 Å². The van der Waals surface area contributed by atoms with E-state index in [1.54, 1.807) is 6.92 Å². The van der Waals surface area contributed by atoms with E-state index in [0.29, 0.717) is 6.42 Å². The van der Waals surface area contributed by atoms with Gasteiger partial charge in [0.1, 0.15) is 0 Å². The smallest absolute Gasteiger partial charge is 0.545 e. The van der Waals surface area contributed by atoms with Crippen molar-refractivity contribution in [1.82, 2.24) is 0 Å². The van der Waals surface area contributed by atoms with Crippen LogP contribution in [0.15, 0.2) is 10.5 Å². The zero-order valence-electron chi connectivity index (χ0n) is 8.40. The maximum atomic E-state index is 10.7. The third kappa shape index (κ3) is 5.59. The van der Waals surface area contributed by atoms with Crippen molar-refractivity contribution in [3.63, 3.8) is 0 Å². The van der Waals surface area contributed by atoms with Crippen molar-refractivity contribution in [2.24, 2.45) is 0 Å². The van der Waals surface area contributed by atoms with Crippen molar-refractivity contribution in [3.8, 4) is 0 Å². The molecule has 5 nitrogen and oxygen atoms in total. The van der Waals surface area contributed by atoms with E-state index in [1.807, 2.05) is 0 Å². The Morgan fingerprint density at radius 2 is 1.86 bits per heavy atom. The van der Waals surface area contributed by atoms with E-state index in [-0.39, 0.29) is 57.8 Å². The fourth-order valence-corrected chi connectivity index (χ4v) is 1.78. The molecule has 0 fully saturated rings. The van der Waals surface area contributed by atoms with E-state index in [1.165, 1.54) is 0 Å². The predicted molar refractivity (Wildman–Crippen MR) is 44.2 cm³/mol. The van der Waals surface area contributed by atoms with Gasteiger partial charge in [-0.1, -0.05) is 13.3 Å². The summed E-state index contributed by atoms with van der Waals surface area (Å²) in [6, 6.07) is 0. The molecule has 14 heavy (non-hydrogen) atoms. The third-order valence-corrected chi connectivity index (χ3v) is 2.65. The standard InChI is InChI=1S/C7H12O5S.K/c1-3-4-6(13(10,11)12)5(2)7(8)9;/h3-4H2,1-2H3,(H,8,9)(H,10,11,12);/q;+1/p-1. The fraction of sp³-hybridized carbons (Fsp3) is 0.571. The van der Waals surface area contributed by atoms with E-state index in [2.05, 4.69) is 0 Å². The Kier molecular flexibility index (Phi) is 8.70. The second-order valence-corrected chi connectivity index (χ2v) is 4.00. The minimum Gasteiger partial charge on any atom is -0.545 e. The molecule has 0 aliphatic carbocycles. The van der Waals surface area contributed by atoms with Crippen molar-refractivity contribution < 1.29 is 74.3 Å². The Morgan fingerprint density at radius 3 is 2.07 bits per heavy atom. The first-order valence-corrected chi connectivity index (χ1v) is 5.13.